The standard InChI is InChI=1S/C24H25F3N4O3/c1-3-15(2)34-19-9-5-7-17(13-19)22-29-23(33)20(30-31-22)10-11-21(32)28-14-16-6-4-8-18(12-16)24(25,26)27/h4-9,12-13,15H,3,10-11,14H2,1-2H3,(H,28,32)(H,29,31,33). The minimum atomic E-state index is -4.45. The number of nitrogens with one attached hydrogen (secondary N) is 2. The van der Waals surface area contributed by atoms with Gasteiger partial charge in [0.1, 0.15) is 11.4 Å². The molecule has 0 radical (unpaired) electrons. The summed E-state index contributed by atoms with van der Waals surface area (Å²) in [5, 5.41) is 10.6. The van der Waals surface area contributed by atoms with Crippen LogP contribution in [-0.4, -0.2) is 27.2 Å². The number of rotatable bonds is 9. The zero-order valence-corrected chi connectivity index (χ0v) is 18.8. The molecule has 1 heterocycles. The summed E-state index contributed by atoms with van der Waals surface area (Å²) in [6.07, 6.45) is -3.58. The predicted octanol–water partition coefficient (Wildman–Crippen LogP) is 4.28. The number of hydrogen-bond acceptors (Lipinski definition) is 5. The van der Waals surface area contributed by atoms with E-state index < -0.39 is 23.2 Å². The van der Waals surface area contributed by atoms with Crippen molar-refractivity contribution in [1.29, 1.82) is 0 Å². The molecule has 0 bridgehead atoms. The van der Waals surface area contributed by atoms with Gasteiger partial charge in [-0.15, -0.1) is 10.2 Å². The summed E-state index contributed by atoms with van der Waals surface area (Å²) in [4.78, 5) is 27.2. The number of ether oxygens (including phenoxy) is 1. The van der Waals surface area contributed by atoms with Crippen LogP contribution < -0.4 is 15.6 Å². The third-order valence-electron chi connectivity index (χ3n) is 5.12. The molecule has 0 saturated carbocycles. The maximum atomic E-state index is 12.8. The Hall–Kier alpha value is -3.69. The Morgan fingerprint density at radius 3 is 2.62 bits per heavy atom. The SMILES string of the molecule is CCC(C)Oc1cccc(-c2nnc(CCC(=O)NCc3cccc(C(F)(F)F)c3)c(=O)[nH]2)c1. The molecule has 1 atom stereocenters. The number of hydrogen-bond donors (Lipinski definition) is 2. The maximum Gasteiger partial charge on any atom is 0.416 e. The van der Waals surface area contributed by atoms with Gasteiger partial charge in [0.05, 0.1) is 11.7 Å². The van der Waals surface area contributed by atoms with E-state index in [9.17, 15) is 22.8 Å². The van der Waals surface area contributed by atoms with Crippen LogP contribution in [0.4, 0.5) is 13.2 Å². The topological polar surface area (TPSA) is 97.0 Å². The summed E-state index contributed by atoms with van der Waals surface area (Å²) in [5.41, 5.74) is -0.201. The Morgan fingerprint density at radius 1 is 1.15 bits per heavy atom. The number of H-pyrrole nitrogens is 1. The van der Waals surface area contributed by atoms with Crippen molar-refractivity contribution in [3.63, 3.8) is 0 Å². The first kappa shape index (κ1) is 24.9. The third kappa shape index (κ3) is 6.90. The number of aromatic nitrogens is 3. The van der Waals surface area contributed by atoms with Crippen molar-refractivity contribution < 1.29 is 22.7 Å². The lowest BCUT2D eigenvalue weighted by Gasteiger charge is -2.13. The molecular weight excluding hydrogens is 449 g/mol. The van der Waals surface area contributed by atoms with Crippen LogP contribution in [0.3, 0.4) is 0 Å². The predicted molar refractivity (Wildman–Crippen MR) is 120 cm³/mol. The first-order chi connectivity index (χ1) is 16.2. The average molecular weight is 474 g/mol. The van der Waals surface area contributed by atoms with Gasteiger partial charge in [-0.1, -0.05) is 31.2 Å². The second-order valence-corrected chi connectivity index (χ2v) is 7.79. The lowest BCUT2D eigenvalue weighted by molar-refractivity contribution is -0.137. The third-order valence-corrected chi connectivity index (χ3v) is 5.12. The van der Waals surface area contributed by atoms with Gasteiger partial charge >= 0.3 is 6.18 Å². The molecule has 0 fully saturated rings. The van der Waals surface area contributed by atoms with Crippen LogP contribution in [-0.2, 0) is 23.9 Å². The highest BCUT2D eigenvalue weighted by atomic mass is 19.4. The second-order valence-electron chi connectivity index (χ2n) is 7.79. The van der Waals surface area contributed by atoms with Crippen molar-refractivity contribution in [2.45, 2.75) is 51.9 Å². The Morgan fingerprint density at radius 2 is 1.91 bits per heavy atom. The molecule has 3 aromatic rings. The molecule has 0 aliphatic heterocycles. The van der Waals surface area contributed by atoms with Crippen LogP contribution in [0.5, 0.6) is 5.75 Å². The number of carbonyl (C=O) groups is 1. The number of carbonyl (C=O) groups excluding carboxylic acids is 1. The highest BCUT2D eigenvalue weighted by Crippen LogP contribution is 2.29. The van der Waals surface area contributed by atoms with Crippen LogP contribution in [0, 0.1) is 0 Å². The Balaban J connectivity index is 1.58. The van der Waals surface area contributed by atoms with E-state index in [1.165, 1.54) is 12.1 Å². The molecule has 0 saturated heterocycles. The van der Waals surface area contributed by atoms with E-state index >= 15 is 0 Å². The van der Waals surface area contributed by atoms with Crippen molar-refractivity contribution in [1.82, 2.24) is 20.5 Å². The van der Waals surface area contributed by atoms with Crippen molar-refractivity contribution in [3.8, 4) is 17.1 Å². The minimum Gasteiger partial charge on any atom is -0.491 e. The molecule has 2 N–H and O–H groups in total. The number of aryl methyl sites for hydroxylation is 1. The van der Waals surface area contributed by atoms with E-state index in [2.05, 4.69) is 20.5 Å². The van der Waals surface area contributed by atoms with Crippen molar-refractivity contribution in [3.05, 3.63) is 75.7 Å². The average Bonchev–Trinajstić information content (AvgIpc) is 2.81. The van der Waals surface area contributed by atoms with Crippen molar-refractivity contribution in [2.24, 2.45) is 0 Å². The number of aromatic amines is 1. The Kier molecular flexibility index (Phi) is 8.04. The largest absolute Gasteiger partial charge is 0.491 e. The number of halogens is 3. The molecule has 1 aromatic heterocycles. The molecular formula is C24H25F3N4O3. The fraction of sp³-hybridized carbons (Fsp3) is 0.333. The molecule has 2 aromatic carbocycles. The molecule has 0 aliphatic carbocycles. The highest BCUT2D eigenvalue weighted by Gasteiger charge is 2.30. The van der Waals surface area contributed by atoms with E-state index in [-0.39, 0.29) is 37.0 Å². The molecule has 3 rings (SSSR count). The van der Waals surface area contributed by atoms with Crippen molar-refractivity contribution >= 4 is 5.91 Å². The van der Waals surface area contributed by atoms with Gasteiger partial charge in [0.15, 0.2) is 5.82 Å². The van der Waals surface area contributed by atoms with E-state index in [0.29, 0.717) is 16.9 Å². The normalized spacial score (nSPS) is 12.3. The zero-order chi connectivity index (χ0) is 24.7. The highest BCUT2D eigenvalue weighted by molar-refractivity contribution is 5.76. The zero-order valence-electron chi connectivity index (χ0n) is 18.8. The number of alkyl halides is 3. The lowest BCUT2D eigenvalue weighted by Crippen LogP contribution is -2.25. The van der Waals surface area contributed by atoms with Gasteiger partial charge < -0.3 is 15.0 Å². The van der Waals surface area contributed by atoms with Gasteiger partial charge in [0.25, 0.3) is 5.56 Å². The van der Waals surface area contributed by atoms with Crippen LogP contribution in [0.1, 0.15) is 43.5 Å². The summed E-state index contributed by atoms with van der Waals surface area (Å²) in [6.45, 7) is 3.92. The summed E-state index contributed by atoms with van der Waals surface area (Å²) in [5.74, 6) is 0.506. The molecule has 34 heavy (non-hydrogen) atoms. The van der Waals surface area contributed by atoms with E-state index in [1.807, 2.05) is 19.9 Å². The van der Waals surface area contributed by atoms with Crippen LogP contribution in [0.15, 0.2) is 53.3 Å². The molecule has 1 unspecified atom stereocenters. The fourth-order valence-corrected chi connectivity index (χ4v) is 3.06. The molecule has 0 aliphatic rings. The number of nitrogens with zero attached hydrogens (tertiary/aromatic N) is 2. The van der Waals surface area contributed by atoms with Crippen LogP contribution in [0.2, 0.25) is 0 Å². The van der Waals surface area contributed by atoms with E-state index in [4.69, 9.17) is 4.74 Å². The van der Waals surface area contributed by atoms with E-state index in [0.717, 1.165) is 18.6 Å². The molecule has 10 heteroatoms. The van der Waals surface area contributed by atoms with Gasteiger partial charge in [-0.25, -0.2) is 0 Å². The first-order valence-corrected chi connectivity index (χ1v) is 10.8. The van der Waals surface area contributed by atoms with Gasteiger partial charge in [0, 0.05) is 24.9 Å². The number of benzene rings is 2. The molecule has 180 valence electrons. The summed E-state index contributed by atoms with van der Waals surface area (Å²) >= 11 is 0. The van der Waals surface area contributed by atoms with Gasteiger partial charge in [0.2, 0.25) is 5.91 Å². The second kappa shape index (κ2) is 11.0. The van der Waals surface area contributed by atoms with Gasteiger partial charge in [-0.05, 0) is 43.2 Å². The summed E-state index contributed by atoms with van der Waals surface area (Å²) in [6, 6.07) is 11.9. The van der Waals surface area contributed by atoms with Gasteiger partial charge in [-0.2, -0.15) is 13.2 Å². The maximum absolute atomic E-state index is 12.8. The van der Waals surface area contributed by atoms with Gasteiger partial charge in [-0.3, -0.25) is 9.59 Å². The summed E-state index contributed by atoms with van der Waals surface area (Å²) < 4.78 is 44.2. The molecule has 7 nitrogen and oxygen atoms in total. The fourth-order valence-electron chi connectivity index (χ4n) is 3.06. The molecule has 0 spiro atoms. The Bertz CT molecular complexity index is 1190. The van der Waals surface area contributed by atoms with E-state index in [1.54, 1.807) is 18.2 Å². The van der Waals surface area contributed by atoms with Crippen LogP contribution >= 0.6 is 0 Å². The monoisotopic (exact) mass is 474 g/mol. The van der Waals surface area contributed by atoms with Crippen molar-refractivity contribution in [2.75, 3.05) is 0 Å². The lowest BCUT2D eigenvalue weighted by atomic mass is 10.1. The molecule has 1 amide bonds. The Labute approximate surface area is 194 Å². The first-order valence-electron chi connectivity index (χ1n) is 10.8. The quantitative estimate of drug-likeness (QED) is 0.483. The smallest absolute Gasteiger partial charge is 0.416 e. The summed E-state index contributed by atoms with van der Waals surface area (Å²) in [7, 11) is 0. The minimum absolute atomic E-state index is 0.0359. The number of amides is 1. The van der Waals surface area contributed by atoms with Crippen LogP contribution in [0.25, 0.3) is 11.4 Å².